The molecule has 0 unspecified atom stereocenters. The number of hydrogen-bond donors (Lipinski definition) is 3. The van der Waals surface area contributed by atoms with Gasteiger partial charge in [-0.15, -0.1) is 0 Å². The van der Waals surface area contributed by atoms with Crippen LogP contribution in [0.2, 0.25) is 0 Å². The molecule has 0 aliphatic carbocycles. The third-order valence-corrected chi connectivity index (χ3v) is 2.04. The molecule has 15 heavy (non-hydrogen) atoms. The largest absolute Gasteiger partial charge is 0.464 e. The van der Waals surface area contributed by atoms with Crippen LogP contribution in [-0.4, -0.2) is 16.2 Å². The third kappa shape index (κ3) is 4.42. The van der Waals surface area contributed by atoms with Gasteiger partial charge in [0.05, 0.1) is 4.99 Å². The van der Waals surface area contributed by atoms with Crippen molar-refractivity contribution in [3.63, 3.8) is 0 Å². The first-order chi connectivity index (χ1) is 7.08. The van der Waals surface area contributed by atoms with E-state index in [1.165, 1.54) is 5.56 Å². The van der Waals surface area contributed by atoms with Crippen molar-refractivity contribution >= 4 is 23.3 Å². The van der Waals surface area contributed by atoms with Gasteiger partial charge in [-0.1, -0.05) is 42.0 Å². The van der Waals surface area contributed by atoms with E-state index in [2.05, 4.69) is 5.43 Å². The van der Waals surface area contributed by atoms with Crippen LogP contribution in [-0.2, 0) is 6.42 Å². The number of hydrazine groups is 1. The predicted octanol–water partition coefficient (Wildman–Crippen LogP) is 1.64. The molecule has 0 spiro atoms. The Kier molecular flexibility index (Phi) is 4.05. The van der Waals surface area contributed by atoms with E-state index in [1.807, 2.05) is 36.6 Å². The lowest BCUT2D eigenvalue weighted by Crippen LogP contribution is -2.40. The van der Waals surface area contributed by atoms with Crippen LogP contribution >= 0.6 is 12.2 Å². The summed E-state index contributed by atoms with van der Waals surface area (Å²) in [7, 11) is 0. The first-order valence-corrected chi connectivity index (χ1v) is 4.82. The van der Waals surface area contributed by atoms with Gasteiger partial charge in [0.2, 0.25) is 0 Å². The summed E-state index contributed by atoms with van der Waals surface area (Å²) in [5, 5.41) is 8.33. The van der Waals surface area contributed by atoms with Gasteiger partial charge >= 0.3 is 6.09 Å². The smallest absolute Gasteiger partial charge is 0.423 e. The first-order valence-electron chi connectivity index (χ1n) is 4.41. The fraction of sp³-hybridized carbons (Fsp3) is 0.200. The van der Waals surface area contributed by atoms with Crippen LogP contribution in [0.1, 0.15) is 11.1 Å². The fourth-order valence-corrected chi connectivity index (χ4v) is 1.28. The lowest BCUT2D eigenvalue weighted by atomic mass is 10.1. The number of carbonyl (C=O) groups is 1. The van der Waals surface area contributed by atoms with Gasteiger partial charge in [-0.3, -0.25) is 5.43 Å². The van der Waals surface area contributed by atoms with Gasteiger partial charge in [-0.05, 0) is 12.5 Å². The summed E-state index contributed by atoms with van der Waals surface area (Å²) in [5.74, 6) is 0. The Morgan fingerprint density at radius 2 is 1.93 bits per heavy atom. The average Bonchev–Trinajstić information content (AvgIpc) is 2.19. The van der Waals surface area contributed by atoms with E-state index in [4.69, 9.17) is 17.3 Å². The molecule has 5 heteroatoms. The van der Waals surface area contributed by atoms with E-state index in [9.17, 15) is 4.79 Å². The van der Waals surface area contributed by atoms with Crippen LogP contribution in [0.5, 0.6) is 0 Å². The highest BCUT2D eigenvalue weighted by molar-refractivity contribution is 7.80. The highest BCUT2D eigenvalue weighted by atomic mass is 32.1. The van der Waals surface area contributed by atoms with Crippen LogP contribution in [0, 0.1) is 6.92 Å². The number of hydrogen-bond acceptors (Lipinski definition) is 2. The standard InChI is InChI=1S/C10H12N2O2S/c1-7-2-4-8(5-3-7)6-9(15)11-12-10(13)14/h2-5,12H,6H2,1H3,(H,11,15)(H,13,14). The Morgan fingerprint density at radius 3 is 2.47 bits per heavy atom. The molecule has 3 N–H and O–H groups in total. The van der Waals surface area contributed by atoms with Crippen molar-refractivity contribution in [3.05, 3.63) is 35.4 Å². The molecule has 4 nitrogen and oxygen atoms in total. The van der Waals surface area contributed by atoms with Crippen LogP contribution < -0.4 is 10.9 Å². The molecule has 0 aromatic heterocycles. The molecule has 0 radical (unpaired) electrons. The van der Waals surface area contributed by atoms with Crippen LogP contribution in [0.15, 0.2) is 24.3 Å². The molecule has 0 fully saturated rings. The van der Waals surface area contributed by atoms with Crippen LogP contribution in [0.3, 0.4) is 0 Å². The van der Waals surface area contributed by atoms with E-state index in [1.54, 1.807) is 0 Å². The van der Waals surface area contributed by atoms with Gasteiger partial charge in [0.25, 0.3) is 0 Å². The molecule has 0 atom stereocenters. The molecule has 0 saturated heterocycles. The Hall–Kier alpha value is -1.62. The second kappa shape index (κ2) is 5.31. The first kappa shape index (κ1) is 11.5. The van der Waals surface area contributed by atoms with Crippen molar-refractivity contribution in [2.45, 2.75) is 13.3 Å². The van der Waals surface area contributed by atoms with E-state index in [-0.39, 0.29) is 0 Å². The van der Waals surface area contributed by atoms with Gasteiger partial charge in [0.1, 0.15) is 0 Å². The molecule has 0 aliphatic heterocycles. The summed E-state index contributed by atoms with van der Waals surface area (Å²) in [6.45, 7) is 2.01. The molecule has 1 aromatic carbocycles. The Balaban J connectivity index is 2.44. The third-order valence-electron chi connectivity index (χ3n) is 1.79. The number of benzene rings is 1. The molecule has 0 saturated carbocycles. The number of amides is 1. The molecule has 0 heterocycles. The normalized spacial score (nSPS) is 9.40. The predicted molar refractivity (Wildman–Crippen MR) is 61.8 cm³/mol. The SMILES string of the molecule is Cc1ccc(CC(=S)NNC(=O)O)cc1. The quantitative estimate of drug-likeness (QED) is 0.528. The van der Waals surface area contributed by atoms with E-state index < -0.39 is 6.09 Å². The van der Waals surface area contributed by atoms with Gasteiger partial charge in [-0.2, -0.15) is 0 Å². The highest BCUT2D eigenvalue weighted by Crippen LogP contribution is 2.03. The molecular weight excluding hydrogens is 212 g/mol. The summed E-state index contributed by atoms with van der Waals surface area (Å²) in [4.78, 5) is 10.6. The summed E-state index contributed by atoms with van der Waals surface area (Å²) in [6, 6.07) is 7.90. The molecule has 1 aromatic rings. The minimum absolute atomic E-state index is 0.446. The van der Waals surface area contributed by atoms with E-state index in [0.717, 1.165) is 5.56 Å². The van der Waals surface area contributed by atoms with Crippen LogP contribution in [0.4, 0.5) is 4.79 Å². The van der Waals surface area contributed by atoms with Crippen molar-refractivity contribution in [2.75, 3.05) is 0 Å². The van der Waals surface area contributed by atoms with Gasteiger partial charge in [0.15, 0.2) is 0 Å². The summed E-state index contributed by atoms with van der Waals surface area (Å²) in [5.41, 5.74) is 6.66. The van der Waals surface area contributed by atoms with Crippen molar-refractivity contribution < 1.29 is 9.90 Å². The van der Waals surface area contributed by atoms with Crippen molar-refractivity contribution in [2.24, 2.45) is 0 Å². The summed E-state index contributed by atoms with van der Waals surface area (Å²) < 4.78 is 0. The monoisotopic (exact) mass is 224 g/mol. The maximum absolute atomic E-state index is 10.2. The molecule has 1 rings (SSSR count). The van der Waals surface area contributed by atoms with E-state index >= 15 is 0 Å². The Labute approximate surface area is 93.3 Å². The average molecular weight is 224 g/mol. The number of thiocarbonyl (C=S) groups is 1. The van der Waals surface area contributed by atoms with Crippen LogP contribution in [0.25, 0.3) is 0 Å². The zero-order valence-corrected chi connectivity index (χ0v) is 9.10. The van der Waals surface area contributed by atoms with Crippen molar-refractivity contribution in [3.8, 4) is 0 Å². The number of carboxylic acid groups (broad SMARTS) is 1. The summed E-state index contributed by atoms with van der Waals surface area (Å²) in [6.07, 6.45) is -0.628. The maximum Gasteiger partial charge on any atom is 0.423 e. The number of rotatable bonds is 2. The second-order valence-electron chi connectivity index (χ2n) is 3.14. The molecule has 80 valence electrons. The maximum atomic E-state index is 10.2. The lowest BCUT2D eigenvalue weighted by molar-refractivity contribution is 0.192. The van der Waals surface area contributed by atoms with E-state index in [0.29, 0.717) is 11.4 Å². The van der Waals surface area contributed by atoms with Crippen molar-refractivity contribution in [1.82, 2.24) is 10.9 Å². The molecule has 1 amide bonds. The van der Waals surface area contributed by atoms with Gasteiger partial charge in [-0.25, -0.2) is 10.2 Å². The van der Waals surface area contributed by atoms with Gasteiger partial charge in [0, 0.05) is 6.42 Å². The zero-order valence-electron chi connectivity index (χ0n) is 8.28. The molecular formula is C10H12N2O2S. The minimum atomic E-state index is -1.15. The number of nitrogens with one attached hydrogen (secondary N) is 2. The molecule has 0 aliphatic rings. The Morgan fingerprint density at radius 1 is 1.33 bits per heavy atom. The fourth-order valence-electron chi connectivity index (χ4n) is 1.06. The topological polar surface area (TPSA) is 61.4 Å². The number of aryl methyl sites for hydroxylation is 1. The van der Waals surface area contributed by atoms with Crippen molar-refractivity contribution in [1.29, 1.82) is 0 Å². The minimum Gasteiger partial charge on any atom is -0.464 e. The second-order valence-corrected chi connectivity index (χ2v) is 3.63. The lowest BCUT2D eigenvalue weighted by Gasteiger charge is -2.06. The summed E-state index contributed by atoms with van der Waals surface area (Å²) >= 11 is 4.95. The van der Waals surface area contributed by atoms with Gasteiger partial charge < -0.3 is 5.11 Å². The Bertz CT molecular complexity index is 362. The highest BCUT2D eigenvalue weighted by Gasteiger charge is 2.00. The molecule has 0 bridgehead atoms. The zero-order chi connectivity index (χ0) is 11.3.